The number of ether oxygens (including phenoxy) is 2. The molecule has 2 heterocycles. The second-order valence-electron chi connectivity index (χ2n) is 5.93. The molecular weight excluding hydrogens is 334 g/mol. The van der Waals surface area contributed by atoms with Crippen LogP contribution in [0.25, 0.3) is 0 Å². The van der Waals surface area contributed by atoms with E-state index in [2.05, 4.69) is 15.9 Å². The van der Waals surface area contributed by atoms with Crippen LogP contribution in [0.2, 0.25) is 0 Å². The topological polar surface area (TPSA) is 61.6 Å². The first-order chi connectivity index (χ1) is 10.1. The van der Waals surface area contributed by atoms with Gasteiger partial charge in [0, 0.05) is 41.5 Å². The van der Waals surface area contributed by atoms with Crippen molar-refractivity contribution in [1.29, 1.82) is 0 Å². The summed E-state index contributed by atoms with van der Waals surface area (Å²) >= 11 is 3.37. The van der Waals surface area contributed by atoms with Crippen LogP contribution >= 0.6 is 15.9 Å². The van der Waals surface area contributed by atoms with E-state index in [1.165, 1.54) is 0 Å². The van der Waals surface area contributed by atoms with Gasteiger partial charge in [-0.3, -0.25) is 4.79 Å². The average Bonchev–Trinajstić information content (AvgIpc) is 2.47. The second-order valence-corrected chi connectivity index (χ2v) is 6.85. The summed E-state index contributed by atoms with van der Waals surface area (Å²) in [4.78, 5) is 12.8. The third-order valence-electron chi connectivity index (χ3n) is 4.55. The van der Waals surface area contributed by atoms with Crippen LogP contribution < -0.4 is 5.73 Å². The maximum absolute atomic E-state index is 12.8. The van der Waals surface area contributed by atoms with Crippen LogP contribution in [-0.4, -0.2) is 31.2 Å². The van der Waals surface area contributed by atoms with Gasteiger partial charge in [0.1, 0.15) is 0 Å². The highest BCUT2D eigenvalue weighted by atomic mass is 79.9. The van der Waals surface area contributed by atoms with Crippen LogP contribution in [0.4, 0.5) is 5.69 Å². The zero-order valence-corrected chi connectivity index (χ0v) is 13.5. The number of rotatable bonds is 2. The lowest BCUT2D eigenvalue weighted by Gasteiger charge is -2.43. The number of Topliss-reactive ketones (excluding diaryl/α,β-unsaturated/α-hetero) is 1. The number of hydrogen-bond donors (Lipinski definition) is 1. The number of nitrogen functional groups attached to an aromatic ring is 1. The lowest BCUT2D eigenvalue weighted by molar-refractivity contribution is -0.142. The third kappa shape index (κ3) is 3.15. The van der Waals surface area contributed by atoms with Gasteiger partial charge >= 0.3 is 0 Å². The fourth-order valence-corrected chi connectivity index (χ4v) is 3.70. The number of hydrogen-bond acceptors (Lipinski definition) is 4. The molecule has 0 radical (unpaired) electrons. The van der Waals surface area contributed by atoms with E-state index in [9.17, 15) is 4.79 Å². The van der Waals surface area contributed by atoms with E-state index in [1.54, 1.807) is 6.07 Å². The summed E-state index contributed by atoms with van der Waals surface area (Å²) in [5, 5.41) is 0. The zero-order valence-electron chi connectivity index (χ0n) is 11.9. The number of halogens is 1. The van der Waals surface area contributed by atoms with Crippen LogP contribution in [0.3, 0.4) is 0 Å². The van der Waals surface area contributed by atoms with Crippen molar-refractivity contribution in [3.63, 3.8) is 0 Å². The molecule has 114 valence electrons. The highest BCUT2D eigenvalue weighted by Gasteiger charge is 2.41. The van der Waals surface area contributed by atoms with Gasteiger partial charge in [-0.15, -0.1) is 0 Å². The van der Waals surface area contributed by atoms with Gasteiger partial charge in [-0.05, 0) is 43.9 Å². The Bertz CT molecular complexity index is 535. The number of carbonyl (C=O) groups is 1. The molecule has 4 nitrogen and oxygen atoms in total. The van der Waals surface area contributed by atoms with Crippen LogP contribution in [0, 0.1) is 5.92 Å². The van der Waals surface area contributed by atoms with Crippen molar-refractivity contribution in [3.8, 4) is 0 Å². The molecule has 1 unspecified atom stereocenters. The normalized spacial score (nSPS) is 24.9. The van der Waals surface area contributed by atoms with Gasteiger partial charge in [0.15, 0.2) is 5.78 Å². The summed E-state index contributed by atoms with van der Waals surface area (Å²) in [5.74, 6) is 0.148. The van der Waals surface area contributed by atoms with Crippen molar-refractivity contribution in [2.24, 2.45) is 5.92 Å². The number of ketones is 1. The van der Waals surface area contributed by atoms with Crippen molar-refractivity contribution < 1.29 is 14.3 Å². The van der Waals surface area contributed by atoms with Gasteiger partial charge in [-0.25, -0.2) is 0 Å². The summed E-state index contributed by atoms with van der Waals surface area (Å²) in [6.45, 7) is 2.09. The molecular formula is C16H20BrNO3. The molecule has 21 heavy (non-hydrogen) atoms. The molecule has 0 aromatic heterocycles. The molecule has 2 fully saturated rings. The Morgan fingerprint density at radius 3 is 2.76 bits per heavy atom. The highest BCUT2D eigenvalue weighted by Crippen LogP contribution is 2.38. The summed E-state index contributed by atoms with van der Waals surface area (Å²) in [5.41, 5.74) is 7.01. The molecule has 1 aromatic carbocycles. The molecule has 3 rings (SSSR count). The van der Waals surface area contributed by atoms with Gasteiger partial charge in [-0.1, -0.05) is 15.9 Å². The largest absolute Gasteiger partial charge is 0.398 e. The summed E-state index contributed by atoms with van der Waals surface area (Å²) < 4.78 is 12.3. The Hall–Kier alpha value is -0.910. The van der Waals surface area contributed by atoms with E-state index in [1.807, 2.05) is 12.1 Å². The monoisotopic (exact) mass is 353 g/mol. The summed E-state index contributed by atoms with van der Waals surface area (Å²) in [6, 6.07) is 5.47. The van der Waals surface area contributed by atoms with E-state index in [4.69, 9.17) is 15.2 Å². The average molecular weight is 354 g/mol. The summed E-state index contributed by atoms with van der Waals surface area (Å²) in [6.07, 6.45) is 3.32. The first-order valence-electron chi connectivity index (χ1n) is 7.41. The molecule has 2 N–H and O–H groups in total. The lowest BCUT2D eigenvalue weighted by atomic mass is 9.78. The second kappa shape index (κ2) is 6.07. The van der Waals surface area contributed by atoms with E-state index in [0.717, 1.165) is 43.4 Å². The molecule has 2 aliphatic heterocycles. The van der Waals surface area contributed by atoms with Crippen LogP contribution in [0.1, 0.15) is 36.0 Å². The van der Waals surface area contributed by atoms with Crippen molar-refractivity contribution in [2.45, 2.75) is 31.3 Å². The van der Waals surface area contributed by atoms with Gasteiger partial charge in [-0.2, -0.15) is 0 Å². The summed E-state index contributed by atoms with van der Waals surface area (Å²) in [7, 11) is 0. The highest BCUT2D eigenvalue weighted by molar-refractivity contribution is 9.10. The Labute approximate surface area is 133 Å². The minimum atomic E-state index is -0.166. The van der Waals surface area contributed by atoms with E-state index < -0.39 is 0 Å². The third-order valence-corrected chi connectivity index (χ3v) is 5.04. The first-order valence-corrected chi connectivity index (χ1v) is 8.20. The maximum atomic E-state index is 12.8. The number of benzene rings is 1. The van der Waals surface area contributed by atoms with Crippen LogP contribution in [0.15, 0.2) is 22.7 Å². The minimum Gasteiger partial charge on any atom is -0.398 e. The van der Waals surface area contributed by atoms with Crippen molar-refractivity contribution >= 4 is 27.4 Å². The molecule has 2 saturated heterocycles. The molecule has 0 amide bonds. The van der Waals surface area contributed by atoms with Gasteiger partial charge < -0.3 is 15.2 Å². The van der Waals surface area contributed by atoms with E-state index in [0.29, 0.717) is 17.9 Å². The molecule has 5 heteroatoms. The van der Waals surface area contributed by atoms with Crippen molar-refractivity contribution in [3.05, 3.63) is 28.2 Å². The van der Waals surface area contributed by atoms with Crippen LogP contribution in [0.5, 0.6) is 0 Å². The molecule has 1 atom stereocenters. The van der Waals surface area contributed by atoms with Crippen LogP contribution in [-0.2, 0) is 9.47 Å². The first kappa shape index (κ1) is 15.0. The minimum absolute atomic E-state index is 0.000301. The quantitative estimate of drug-likeness (QED) is 0.655. The zero-order chi connectivity index (χ0) is 14.9. The van der Waals surface area contributed by atoms with Gasteiger partial charge in [0.2, 0.25) is 0 Å². The number of carbonyl (C=O) groups excluding carboxylic acids is 1. The van der Waals surface area contributed by atoms with Crippen molar-refractivity contribution in [1.82, 2.24) is 0 Å². The number of anilines is 1. The lowest BCUT2D eigenvalue weighted by Crippen LogP contribution is -2.46. The van der Waals surface area contributed by atoms with Gasteiger partial charge in [0.05, 0.1) is 5.60 Å². The molecule has 1 spiro atoms. The molecule has 0 aliphatic carbocycles. The van der Waals surface area contributed by atoms with E-state index in [-0.39, 0.29) is 17.3 Å². The number of nitrogens with two attached hydrogens (primary N) is 1. The predicted octanol–water partition coefficient (Wildman–Crippen LogP) is 3.19. The molecule has 0 saturated carbocycles. The Morgan fingerprint density at radius 2 is 2.05 bits per heavy atom. The smallest absolute Gasteiger partial charge is 0.168 e. The molecule has 0 bridgehead atoms. The standard InChI is InChI=1S/C16H20BrNO3/c17-12-1-2-13(14(18)9-12)15(19)11-3-6-21-16(10-11)4-7-20-8-5-16/h1-2,9,11H,3-8,10,18H2. The molecule has 2 aliphatic rings. The fraction of sp³-hybridized carbons (Fsp3) is 0.562. The maximum Gasteiger partial charge on any atom is 0.168 e. The fourth-order valence-electron chi connectivity index (χ4n) is 3.32. The Kier molecular flexibility index (Phi) is 4.33. The van der Waals surface area contributed by atoms with E-state index >= 15 is 0 Å². The SMILES string of the molecule is Nc1cc(Br)ccc1C(=O)C1CCOC2(CCOCC2)C1. The van der Waals surface area contributed by atoms with Crippen molar-refractivity contribution in [2.75, 3.05) is 25.6 Å². The Morgan fingerprint density at radius 1 is 1.29 bits per heavy atom. The predicted molar refractivity (Wildman–Crippen MR) is 84.3 cm³/mol. The molecule has 1 aromatic rings. The van der Waals surface area contributed by atoms with Gasteiger partial charge in [0.25, 0.3) is 0 Å². The Balaban J connectivity index is 1.77.